The van der Waals surface area contributed by atoms with Gasteiger partial charge in [-0.2, -0.15) is 4.68 Å². The van der Waals surface area contributed by atoms with Gasteiger partial charge in [-0.3, -0.25) is 4.79 Å². The molecule has 0 atom stereocenters. The minimum absolute atomic E-state index is 0.0526. The quantitative estimate of drug-likeness (QED) is 0.939. The van der Waals surface area contributed by atoms with E-state index in [0.29, 0.717) is 10.8 Å². The number of hydrogen-bond acceptors (Lipinski definition) is 4. The molecule has 1 aromatic heterocycles. The van der Waals surface area contributed by atoms with E-state index in [0.717, 1.165) is 5.69 Å². The summed E-state index contributed by atoms with van der Waals surface area (Å²) in [4.78, 5) is 11.8. The van der Waals surface area contributed by atoms with Gasteiger partial charge in [0.2, 0.25) is 5.91 Å². The fraction of sp³-hybridized carbons (Fsp3) is 0.385. The van der Waals surface area contributed by atoms with Crippen molar-refractivity contribution in [3.8, 4) is 5.69 Å². The Bertz CT molecular complexity index is 600. The first-order valence-electron chi connectivity index (χ1n) is 6.19. The molecule has 0 aliphatic heterocycles. The predicted octanol–water partition coefficient (Wildman–Crippen LogP) is 1.98. The molecule has 0 aliphatic rings. The van der Waals surface area contributed by atoms with Gasteiger partial charge < -0.3 is 5.32 Å². The summed E-state index contributed by atoms with van der Waals surface area (Å²) in [7, 11) is 0. The minimum Gasteiger partial charge on any atom is -0.348 e. The fourth-order valence-electron chi connectivity index (χ4n) is 1.52. The number of rotatable bonds is 3. The van der Waals surface area contributed by atoms with Crippen molar-refractivity contribution in [3.63, 3.8) is 0 Å². The number of halogens is 1. The van der Waals surface area contributed by atoms with Gasteiger partial charge in [0.25, 0.3) is 0 Å². The lowest BCUT2D eigenvalue weighted by Gasteiger charge is -2.17. The number of nitrogens with one attached hydrogen (secondary N) is 1. The van der Waals surface area contributed by atoms with E-state index in [4.69, 9.17) is 11.6 Å². The molecular formula is C13H16ClN5O. The Morgan fingerprint density at radius 3 is 2.55 bits per heavy atom. The van der Waals surface area contributed by atoms with E-state index in [2.05, 4.69) is 20.8 Å². The van der Waals surface area contributed by atoms with Crippen LogP contribution in [0.1, 0.15) is 26.6 Å². The highest BCUT2D eigenvalue weighted by molar-refractivity contribution is 6.30. The van der Waals surface area contributed by atoms with Gasteiger partial charge in [-0.25, -0.2) is 0 Å². The van der Waals surface area contributed by atoms with Gasteiger partial charge in [0.05, 0.1) is 12.2 Å². The molecule has 0 spiro atoms. The molecule has 1 aromatic carbocycles. The average molecular weight is 294 g/mol. The Morgan fingerprint density at radius 2 is 1.95 bits per heavy atom. The van der Waals surface area contributed by atoms with Crippen molar-refractivity contribution >= 4 is 17.5 Å². The molecule has 20 heavy (non-hydrogen) atoms. The van der Waals surface area contributed by atoms with E-state index in [9.17, 15) is 4.79 Å². The molecule has 7 heteroatoms. The largest absolute Gasteiger partial charge is 0.348 e. The highest BCUT2D eigenvalue weighted by Crippen LogP contribution is 2.15. The van der Waals surface area contributed by atoms with E-state index in [-0.39, 0.29) is 12.5 Å². The molecule has 0 bridgehead atoms. The maximum absolute atomic E-state index is 11.8. The Balaban J connectivity index is 2.13. The van der Waals surface area contributed by atoms with Crippen LogP contribution in [0.4, 0.5) is 0 Å². The zero-order valence-electron chi connectivity index (χ0n) is 11.6. The van der Waals surface area contributed by atoms with Crippen molar-refractivity contribution in [3.05, 3.63) is 35.1 Å². The van der Waals surface area contributed by atoms with E-state index in [1.165, 1.54) is 0 Å². The third kappa shape index (κ3) is 3.33. The minimum atomic E-state index is -0.446. The first-order valence-corrected chi connectivity index (χ1v) is 6.57. The number of hydrogen-bond donors (Lipinski definition) is 1. The number of amides is 1. The second kappa shape index (κ2) is 5.58. The van der Waals surface area contributed by atoms with Crippen molar-refractivity contribution in [2.75, 3.05) is 0 Å². The van der Waals surface area contributed by atoms with Gasteiger partial charge in [0, 0.05) is 10.4 Å². The molecule has 2 aromatic rings. The van der Waals surface area contributed by atoms with Gasteiger partial charge in [0.1, 0.15) is 0 Å². The topological polar surface area (TPSA) is 72.7 Å². The van der Waals surface area contributed by atoms with Crippen molar-refractivity contribution in [2.45, 2.75) is 27.3 Å². The lowest BCUT2D eigenvalue weighted by atomic mass is 9.96. The van der Waals surface area contributed by atoms with Crippen LogP contribution in [0.5, 0.6) is 0 Å². The Labute approximate surface area is 122 Å². The summed E-state index contributed by atoms with van der Waals surface area (Å²) in [6.07, 6.45) is 0. The van der Waals surface area contributed by atoms with E-state index >= 15 is 0 Å². The van der Waals surface area contributed by atoms with Gasteiger partial charge >= 0.3 is 0 Å². The maximum atomic E-state index is 11.8. The van der Waals surface area contributed by atoms with Crippen LogP contribution in [-0.4, -0.2) is 26.1 Å². The zero-order chi connectivity index (χ0) is 14.8. The summed E-state index contributed by atoms with van der Waals surface area (Å²) in [6, 6.07) is 7.15. The summed E-state index contributed by atoms with van der Waals surface area (Å²) in [5, 5.41) is 14.9. The predicted molar refractivity (Wildman–Crippen MR) is 75.5 cm³/mol. The highest BCUT2D eigenvalue weighted by atomic mass is 35.5. The van der Waals surface area contributed by atoms with Crippen LogP contribution in [0.25, 0.3) is 5.69 Å². The highest BCUT2D eigenvalue weighted by Gasteiger charge is 2.21. The molecule has 0 aliphatic carbocycles. The summed E-state index contributed by atoms with van der Waals surface area (Å²) in [5.74, 6) is 0.507. The first-order chi connectivity index (χ1) is 9.38. The van der Waals surface area contributed by atoms with Crippen molar-refractivity contribution in [1.29, 1.82) is 0 Å². The SMILES string of the molecule is CC(C)(C)C(=O)NCc1nnnn1-c1ccc(Cl)cc1. The molecule has 2 rings (SSSR count). The molecule has 6 nitrogen and oxygen atoms in total. The molecular weight excluding hydrogens is 278 g/mol. The molecule has 1 heterocycles. The van der Waals surface area contributed by atoms with Crippen LogP contribution in [0.3, 0.4) is 0 Å². The van der Waals surface area contributed by atoms with Crippen LogP contribution in [0.15, 0.2) is 24.3 Å². The fourth-order valence-corrected chi connectivity index (χ4v) is 1.65. The van der Waals surface area contributed by atoms with Gasteiger partial charge in [-0.15, -0.1) is 5.10 Å². The van der Waals surface area contributed by atoms with E-state index in [1.807, 2.05) is 32.9 Å². The van der Waals surface area contributed by atoms with E-state index in [1.54, 1.807) is 16.8 Å². The lowest BCUT2D eigenvalue weighted by molar-refractivity contribution is -0.128. The third-order valence-corrected chi connectivity index (χ3v) is 2.95. The number of tetrazole rings is 1. The average Bonchev–Trinajstić information content (AvgIpc) is 2.84. The first kappa shape index (κ1) is 14.5. The number of carbonyl (C=O) groups excluding carboxylic acids is 1. The van der Waals surface area contributed by atoms with Gasteiger partial charge in [-0.05, 0) is 34.7 Å². The Morgan fingerprint density at radius 1 is 1.30 bits per heavy atom. The molecule has 0 radical (unpaired) electrons. The summed E-state index contributed by atoms with van der Waals surface area (Å²) < 4.78 is 1.57. The lowest BCUT2D eigenvalue weighted by Crippen LogP contribution is -2.35. The van der Waals surface area contributed by atoms with Crippen LogP contribution in [-0.2, 0) is 11.3 Å². The molecule has 0 saturated carbocycles. The molecule has 1 amide bonds. The normalized spacial score (nSPS) is 11.4. The molecule has 0 unspecified atom stereocenters. The van der Waals surface area contributed by atoms with Crippen LogP contribution >= 0.6 is 11.6 Å². The number of aromatic nitrogens is 4. The van der Waals surface area contributed by atoms with Gasteiger partial charge in [0.15, 0.2) is 5.82 Å². The van der Waals surface area contributed by atoms with Crippen LogP contribution in [0, 0.1) is 5.41 Å². The molecule has 0 saturated heterocycles. The number of nitrogens with zero attached hydrogens (tertiary/aromatic N) is 4. The van der Waals surface area contributed by atoms with Crippen molar-refractivity contribution in [1.82, 2.24) is 25.5 Å². The molecule has 0 fully saturated rings. The maximum Gasteiger partial charge on any atom is 0.225 e. The van der Waals surface area contributed by atoms with Crippen LogP contribution < -0.4 is 5.32 Å². The Hall–Kier alpha value is -1.95. The number of benzene rings is 1. The number of carbonyl (C=O) groups is 1. The second-order valence-corrected chi connectivity index (χ2v) is 5.85. The second-order valence-electron chi connectivity index (χ2n) is 5.42. The molecule has 106 valence electrons. The molecule has 1 N–H and O–H groups in total. The summed E-state index contributed by atoms with van der Waals surface area (Å²) in [6.45, 7) is 5.82. The van der Waals surface area contributed by atoms with Crippen LogP contribution in [0.2, 0.25) is 5.02 Å². The zero-order valence-corrected chi connectivity index (χ0v) is 12.3. The van der Waals surface area contributed by atoms with Crippen molar-refractivity contribution in [2.24, 2.45) is 5.41 Å². The summed E-state index contributed by atoms with van der Waals surface area (Å²) in [5.41, 5.74) is 0.345. The van der Waals surface area contributed by atoms with Gasteiger partial charge in [-0.1, -0.05) is 32.4 Å². The third-order valence-electron chi connectivity index (χ3n) is 2.69. The summed E-state index contributed by atoms with van der Waals surface area (Å²) >= 11 is 5.85. The monoisotopic (exact) mass is 293 g/mol. The smallest absolute Gasteiger partial charge is 0.225 e. The Kier molecular flexibility index (Phi) is 4.04. The van der Waals surface area contributed by atoms with E-state index < -0.39 is 5.41 Å². The standard InChI is InChI=1S/C13H16ClN5O/c1-13(2,3)12(20)15-8-11-16-17-18-19(11)10-6-4-9(14)5-7-10/h4-7H,8H2,1-3H3,(H,15,20). The van der Waals surface area contributed by atoms with Crippen molar-refractivity contribution < 1.29 is 4.79 Å².